The molecule has 0 unspecified atom stereocenters. The number of benzene rings is 1. The summed E-state index contributed by atoms with van der Waals surface area (Å²) in [5, 5.41) is 2.69. The molecular weight excluding hydrogens is 314 g/mol. The van der Waals surface area contributed by atoms with Crippen molar-refractivity contribution >= 4 is 17.9 Å². The predicted octanol–water partition coefficient (Wildman–Crippen LogP) is 2.83. The zero-order chi connectivity index (χ0) is 17.6. The summed E-state index contributed by atoms with van der Waals surface area (Å²) in [6.45, 7) is 2.80. The number of carbonyl (C=O) groups is 2. The number of likely N-dealkylation sites (tertiary alicyclic amines) is 1. The summed E-state index contributed by atoms with van der Waals surface area (Å²) in [7, 11) is 0. The Kier molecular flexibility index (Phi) is 5.33. The molecule has 1 aliphatic heterocycles. The molecule has 2 heterocycles. The van der Waals surface area contributed by atoms with Gasteiger partial charge in [-0.05, 0) is 36.6 Å². The maximum absolute atomic E-state index is 12.9. The second-order valence-electron chi connectivity index (χ2n) is 6.30. The van der Waals surface area contributed by atoms with Crippen LogP contribution in [-0.2, 0) is 9.59 Å². The van der Waals surface area contributed by atoms with Crippen LogP contribution in [0.2, 0.25) is 0 Å². The fraction of sp³-hybridized carbons (Fsp3) is 0.300. The van der Waals surface area contributed by atoms with Gasteiger partial charge in [0.2, 0.25) is 5.91 Å². The summed E-state index contributed by atoms with van der Waals surface area (Å²) >= 11 is 0. The monoisotopic (exact) mass is 337 g/mol. The van der Waals surface area contributed by atoms with Crippen LogP contribution in [0, 0.1) is 0 Å². The minimum Gasteiger partial charge on any atom is -0.351 e. The van der Waals surface area contributed by atoms with Crippen LogP contribution in [0.25, 0.3) is 6.08 Å². The largest absolute Gasteiger partial charge is 0.351 e. The van der Waals surface area contributed by atoms with Crippen LogP contribution < -0.4 is 5.32 Å². The van der Waals surface area contributed by atoms with E-state index in [-0.39, 0.29) is 11.8 Å². The first-order valence-electron chi connectivity index (χ1n) is 8.59. The Balaban J connectivity index is 1.70. The number of hydrogen-bond acceptors (Lipinski definition) is 2. The molecule has 0 atom stereocenters. The van der Waals surface area contributed by atoms with Gasteiger partial charge in [0.05, 0.1) is 0 Å². The number of hydrogen-bond donors (Lipinski definition) is 1. The second kappa shape index (κ2) is 7.83. The summed E-state index contributed by atoms with van der Waals surface area (Å²) < 4.78 is 2.20. The van der Waals surface area contributed by atoms with Crippen LogP contribution in [0.15, 0.2) is 60.6 Å². The predicted molar refractivity (Wildman–Crippen MR) is 97.5 cm³/mol. The molecule has 5 heteroatoms. The highest BCUT2D eigenvalue weighted by atomic mass is 16.2. The molecule has 0 radical (unpaired) electrons. The molecule has 1 aromatic heterocycles. The van der Waals surface area contributed by atoms with Crippen LogP contribution in [0.5, 0.6) is 0 Å². The summed E-state index contributed by atoms with van der Waals surface area (Å²) in [6.07, 6.45) is 7.71. The van der Waals surface area contributed by atoms with E-state index in [1.54, 1.807) is 6.08 Å². The lowest BCUT2D eigenvalue weighted by molar-refractivity contribution is -0.130. The topological polar surface area (TPSA) is 54.3 Å². The van der Waals surface area contributed by atoms with Crippen molar-refractivity contribution in [1.29, 1.82) is 0 Å². The fourth-order valence-electron chi connectivity index (χ4n) is 3.19. The number of piperidine rings is 1. The van der Waals surface area contributed by atoms with E-state index in [0.717, 1.165) is 18.4 Å². The van der Waals surface area contributed by atoms with Crippen LogP contribution in [0.3, 0.4) is 0 Å². The fourth-order valence-corrected chi connectivity index (χ4v) is 3.19. The van der Waals surface area contributed by atoms with Crippen molar-refractivity contribution in [3.8, 4) is 0 Å². The van der Waals surface area contributed by atoms with Gasteiger partial charge >= 0.3 is 0 Å². The maximum Gasteiger partial charge on any atom is 0.270 e. The lowest BCUT2D eigenvalue weighted by Crippen LogP contribution is -2.42. The van der Waals surface area contributed by atoms with E-state index in [1.807, 2.05) is 47.4 Å². The number of nitrogens with one attached hydrogen (secondary N) is 1. The van der Waals surface area contributed by atoms with Crippen molar-refractivity contribution in [2.45, 2.75) is 25.8 Å². The summed E-state index contributed by atoms with van der Waals surface area (Å²) in [5.74, 6) is -0.359. The third-order valence-corrected chi connectivity index (χ3v) is 4.45. The van der Waals surface area contributed by atoms with Gasteiger partial charge in [0.25, 0.3) is 5.91 Å². The van der Waals surface area contributed by atoms with Crippen molar-refractivity contribution in [2.24, 2.45) is 0 Å². The minimum absolute atomic E-state index is 0.120. The van der Waals surface area contributed by atoms with Crippen LogP contribution >= 0.6 is 0 Å². The third-order valence-electron chi connectivity index (χ3n) is 4.45. The highest BCUT2D eigenvalue weighted by molar-refractivity contribution is 6.00. The first kappa shape index (κ1) is 17.0. The number of carbonyl (C=O) groups excluding carboxylic acids is 2. The van der Waals surface area contributed by atoms with Crippen LogP contribution in [-0.4, -0.2) is 34.4 Å². The quantitative estimate of drug-likeness (QED) is 0.872. The molecule has 1 fully saturated rings. The molecule has 1 saturated heterocycles. The zero-order valence-corrected chi connectivity index (χ0v) is 14.4. The Labute approximate surface area is 147 Å². The molecule has 2 amide bonds. The zero-order valence-electron chi connectivity index (χ0n) is 14.4. The molecule has 0 bridgehead atoms. The molecular formula is C20H23N3O2. The van der Waals surface area contributed by atoms with Gasteiger partial charge in [0, 0.05) is 38.4 Å². The average Bonchev–Trinajstić information content (AvgIpc) is 3.16. The molecule has 2 aromatic rings. The molecule has 25 heavy (non-hydrogen) atoms. The highest BCUT2D eigenvalue weighted by Crippen LogP contribution is 2.23. The smallest absolute Gasteiger partial charge is 0.270 e. The Hall–Kier alpha value is -2.82. The van der Waals surface area contributed by atoms with Gasteiger partial charge in [-0.3, -0.25) is 9.59 Å². The van der Waals surface area contributed by atoms with Crippen molar-refractivity contribution < 1.29 is 9.59 Å². The molecule has 1 aliphatic rings. The molecule has 3 rings (SSSR count). The van der Waals surface area contributed by atoms with Gasteiger partial charge in [0.1, 0.15) is 5.70 Å². The second-order valence-corrected chi connectivity index (χ2v) is 6.30. The van der Waals surface area contributed by atoms with Gasteiger partial charge < -0.3 is 14.8 Å². The summed E-state index contributed by atoms with van der Waals surface area (Å²) in [5.41, 5.74) is 1.22. The van der Waals surface area contributed by atoms with Gasteiger partial charge in [-0.2, -0.15) is 0 Å². The summed E-state index contributed by atoms with van der Waals surface area (Å²) in [6, 6.07) is 14.0. The summed E-state index contributed by atoms with van der Waals surface area (Å²) in [4.78, 5) is 26.2. The third kappa shape index (κ3) is 4.38. The SMILES string of the molecule is CC(=O)N/C(=C\c1ccccc1)C(=O)N1CCC(n2cccc2)CC1. The van der Waals surface area contributed by atoms with Gasteiger partial charge in [-0.25, -0.2) is 0 Å². The van der Waals surface area contributed by atoms with Gasteiger partial charge in [-0.15, -0.1) is 0 Å². The Morgan fingerprint density at radius 2 is 1.68 bits per heavy atom. The highest BCUT2D eigenvalue weighted by Gasteiger charge is 2.25. The lowest BCUT2D eigenvalue weighted by atomic mass is 10.0. The first-order chi connectivity index (χ1) is 12.1. The lowest BCUT2D eigenvalue weighted by Gasteiger charge is -2.33. The van der Waals surface area contributed by atoms with E-state index < -0.39 is 0 Å². The van der Waals surface area contributed by atoms with Crippen molar-refractivity contribution in [1.82, 2.24) is 14.8 Å². The molecule has 130 valence electrons. The molecule has 0 aliphatic carbocycles. The number of nitrogens with zero attached hydrogens (tertiary/aromatic N) is 2. The van der Waals surface area contributed by atoms with E-state index in [4.69, 9.17) is 0 Å². The van der Waals surface area contributed by atoms with Gasteiger partial charge in [0.15, 0.2) is 0 Å². The standard InChI is InChI=1S/C20H23N3O2/c1-16(24)21-19(15-17-7-3-2-4-8-17)20(25)23-13-9-18(10-14-23)22-11-5-6-12-22/h2-8,11-12,15,18H,9-10,13-14H2,1H3,(H,21,24)/b19-15-. The molecule has 1 aromatic carbocycles. The Morgan fingerprint density at radius 3 is 2.28 bits per heavy atom. The van der Waals surface area contributed by atoms with E-state index >= 15 is 0 Å². The van der Waals surface area contributed by atoms with E-state index in [2.05, 4.69) is 22.3 Å². The van der Waals surface area contributed by atoms with Gasteiger partial charge in [-0.1, -0.05) is 30.3 Å². The maximum atomic E-state index is 12.9. The molecule has 0 spiro atoms. The minimum atomic E-state index is -0.238. The van der Waals surface area contributed by atoms with Crippen molar-refractivity contribution in [3.63, 3.8) is 0 Å². The Bertz CT molecular complexity index is 743. The van der Waals surface area contributed by atoms with E-state index in [0.29, 0.717) is 24.8 Å². The number of amides is 2. The number of aromatic nitrogens is 1. The molecule has 5 nitrogen and oxygen atoms in total. The van der Waals surface area contributed by atoms with Crippen molar-refractivity contribution in [3.05, 3.63) is 66.1 Å². The molecule has 1 N–H and O–H groups in total. The van der Waals surface area contributed by atoms with E-state index in [1.165, 1.54) is 6.92 Å². The number of rotatable bonds is 4. The van der Waals surface area contributed by atoms with Crippen LogP contribution in [0.1, 0.15) is 31.4 Å². The van der Waals surface area contributed by atoms with E-state index in [9.17, 15) is 9.59 Å². The van der Waals surface area contributed by atoms with Crippen molar-refractivity contribution in [2.75, 3.05) is 13.1 Å². The Morgan fingerprint density at radius 1 is 1.04 bits per heavy atom. The normalized spacial score (nSPS) is 15.9. The first-order valence-corrected chi connectivity index (χ1v) is 8.59. The average molecular weight is 337 g/mol. The van der Waals surface area contributed by atoms with Crippen LogP contribution in [0.4, 0.5) is 0 Å². The molecule has 0 saturated carbocycles.